The first-order valence-electron chi connectivity index (χ1n) is 12.8. The maximum absolute atomic E-state index is 14.4. The van der Waals surface area contributed by atoms with E-state index < -0.39 is 6.04 Å². The fourth-order valence-electron chi connectivity index (χ4n) is 6.28. The minimum Gasteiger partial charge on any atom is -0.493 e. The number of benzene rings is 3. The average molecular weight is 527 g/mol. The molecule has 8 nitrogen and oxygen atoms in total. The van der Waals surface area contributed by atoms with Gasteiger partial charge in [-0.15, -0.1) is 0 Å². The Morgan fingerprint density at radius 3 is 2.13 bits per heavy atom. The van der Waals surface area contributed by atoms with Crippen molar-refractivity contribution in [2.75, 3.05) is 39.9 Å². The van der Waals surface area contributed by atoms with Crippen LogP contribution in [-0.4, -0.2) is 57.7 Å². The van der Waals surface area contributed by atoms with Crippen LogP contribution in [0.4, 0.5) is 5.69 Å². The number of carbonyl (C=O) groups excluding carboxylic acids is 2. The van der Waals surface area contributed by atoms with Crippen molar-refractivity contribution in [3.05, 3.63) is 82.4 Å². The third kappa shape index (κ3) is 3.58. The van der Waals surface area contributed by atoms with E-state index in [9.17, 15) is 9.59 Å². The van der Waals surface area contributed by atoms with E-state index >= 15 is 0 Å². The third-order valence-electron chi connectivity index (χ3n) is 8.06. The van der Waals surface area contributed by atoms with E-state index in [0.717, 1.165) is 28.0 Å². The normalized spacial score (nSPS) is 19.2. The van der Waals surface area contributed by atoms with Crippen LogP contribution in [0.5, 0.6) is 23.0 Å². The molecule has 2 amide bonds. The van der Waals surface area contributed by atoms with Crippen molar-refractivity contribution in [2.45, 2.75) is 25.3 Å². The van der Waals surface area contributed by atoms with Gasteiger partial charge in [-0.3, -0.25) is 14.5 Å². The van der Waals surface area contributed by atoms with Gasteiger partial charge in [0.1, 0.15) is 6.04 Å². The van der Waals surface area contributed by atoms with Crippen molar-refractivity contribution in [2.24, 2.45) is 0 Å². The van der Waals surface area contributed by atoms with Gasteiger partial charge in [-0.2, -0.15) is 0 Å². The minimum absolute atomic E-state index is 0.112. The largest absolute Gasteiger partial charge is 0.493 e. The molecule has 0 unspecified atom stereocenters. The van der Waals surface area contributed by atoms with Crippen LogP contribution in [0.2, 0.25) is 0 Å². The number of rotatable bonds is 5. The monoisotopic (exact) mass is 526 g/mol. The summed E-state index contributed by atoms with van der Waals surface area (Å²) in [5.41, 5.74) is 5.91. The average Bonchev–Trinajstić information content (AvgIpc) is 3.32. The van der Waals surface area contributed by atoms with E-state index in [1.165, 1.54) is 0 Å². The number of amides is 2. The summed E-state index contributed by atoms with van der Waals surface area (Å²) in [5, 5.41) is 0. The van der Waals surface area contributed by atoms with Gasteiger partial charge in [0.2, 0.25) is 0 Å². The molecule has 0 aromatic heterocycles. The van der Waals surface area contributed by atoms with Crippen molar-refractivity contribution >= 4 is 23.2 Å². The molecule has 0 saturated carbocycles. The highest BCUT2D eigenvalue weighted by Crippen LogP contribution is 2.55. The molecule has 0 radical (unpaired) electrons. The van der Waals surface area contributed by atoms with Gasteiger partial charge in [0.05, 0.1) is 39.8 Å². The summed E-state index contributed by atoms with van der Waals surface area (Å²) in [7, 11) is 6.37. The number of hydrogen-bond donors (Lipinski definition) is 0. The molecule has 0 spiro atoms. The molecule has 3 heterocycles. The SMILES string of the molecule is COc1cc2c(cc1OC)C1=C(C)[C@H]3c4cc(OC)c(OC)cc4N(C(=O)c4ccccc4)[C@H]3C(=O)N1CC2. The summed E-state index contributed by atoms with van der Waals surface area (Å²) < 4.78 is 22.4. The lowest BCUT2D eigenvalue weighted by atomic mass is 9.79. The van der Waals surface area contributed by atoms with Gasteiger partial charge in [0.15, 0.2) is 23.0 Å². The molecule has 0 saturated heterocycles. The number of fused-ring (bicyclic) bond motifs is 6. The Kier molecular flexibility index (Phi) is 5.98. The van der Waals surface area contributed by atoms with E-state index in [0.29, 0.717) is 47.2 Å². The Bertz CT molecular complexity index is 1530. The van der Waals surface area contributed by atoms with Crippen molar-refractivity contribution in [1.82, 2.24) is 4.90 Å². The van der Waals surface area contributed by atoms with Crippen LogP contribution in [0.3, 0.4) is 0 Å². The summed E-state index contributed by atoms with van der Waals surface area (Å²) >= 11 is 0. The molecule has 3 aliphatic heterocycles. The minimum atomic E-state index is -0.727. The van der Waals surface area contributed by atoms with Crippen molar-refractivity contribution < 1.29 is 28.5 Å². The maximum Gasteiger partial charge on any atom is 0.259 e. The molecule has 3 aromatic rings. The lowest BCUT2D eigenvalue weighted by Crippen LogP contribution is -2.54. The molecule has 3 aromatic carbocycles. The lowest BCUT2D eigenvalue weighted by molar-refractivity contribution is -0.130. The van der Waals surface area contributed by atoms with E-state index in [1.54, 1.807) is 51.5 Å². The van der Waals surface area contributed by atoms with Gasteiger partial charge in [-0.25, -0.2) is 0 Å². The first kappa shape index (κ1) is 24.9. The van der Waals surface area contributed by atoms with Crippen molar-refractivity contribution in [3.63, 3.8) is 0 Å². The summed E-state index contributed by atoms with van der Waals surface area (Å²) in [4.78, 5) is 31.9. The summed E-state index contributed by atoms with van der Waals surface area (Å²) in [6.07, 6.45) is 0.664. The number of carbonyl (C=O) groups is 2. The first-order chi connectivity index (χ1) is 18.9. The molecule has 0 bridgehead atoms. The number of nitrogens with zero attached hydrogens (tertiary/aromatic N) is 2. The van der Waals surface area contributed by atoms with Crippen LogP contribution in [0, 0.1) is 0 Å². The molecular weight excluding hydrogens is 496 g/mol. The van der Waals surface area contributed by atoms with Gasteiger partial charge in [0, 0.05) is 29.7 Å². The Morgan fingerprint density at radius 1 is 0.846 bits per heavy atom. The highest BCUT2D eigenvalue weighted by atomic mass is 16.5. The van der Waals surface area contributed by atoms with Gasteiger partial charge < -0.3 is 23.8 Å². The smallest absolute Gasteiger partial charge is 0.259 e. The molecule has 3 aliphatic rings. The lowest BCUT2D eigenvalue weighted by Gasteiger charge is -2.43. The molecule has 200 valence electrons. The molecular formula is C31H30N2O6. The number of ether oxygens (including phenoxy) is 4. The summed E-state index contributed by atoms with van der Waals surface area (Å²) in [5.74, 6) is 1.61. The Balaban J connectivity index is 1.59. The van der Waals surface area contributed by atoms with E-state index in [-0.39, 0.29) is 17.7 Å². The Morgan fingerprint density at radius 2 is 1.46 bits per heavy atom. The molecule has 2 atom stereocenters. The van der Waals surface area contributed by atoms with Crippen LogP contribution < -0.4 is 23.8 Å². The zero-order chi connectivity index (χ0) is 27.4. The molecule has 6 rings (SSSR count). The van der Waals surface area contributed by atoms with Crippen LogP contribution in [0.1, 0.15) is 39.9 Å². The molecule has 8 heteroatoms. The van der Waals surface area contributed by atoms with Crippen LogP contribution in [0.15, 0.2) is 60.2 Å². The van der Waals surface area contributed by atoms with E-state index in [4.69, 9.17) is 18.9 Å². The number of methoxy groups -OCH3 is 4. The van der Waals surface area contributed by atoms with Gasteiger partial charge in [-0.1, -0.05) is 18.2 Å². The van der Waals surface area contributed by atoms with Crippen LogP contribution in [-0.2, 0) is 11.2 Å². The fourth-order valence-corrected chi connectivity index (χ4v) is 6.28. The summed E-state index contributed by atoms with van der Waals surface area (Å²) in [6.45, 7) is 2.56. The molecule has 0 N–H and O–H groups in total. The third-order valence-corrected chi connectivity index (χ3v) is 8.06. The van der Waals surface area contributed by atoms with Crippen LogP contribution in [0.25, 0.3) is 5.70 Å². The summed E-state index contributed by atoms with van der Waals surface area (Å²) in [6, 6.07) is 16.0. The predicted molar refractivity (Wildman–Crippen MR) is 147 cm³/mol. The zero-order valence-electron chi connectivity index (χ0n) is 22.6. The first-order valence-corrected chi connectivity index (χ1v) is 12.8. The molecule has 39 heavy (non-hydrogen) atoms. The van der Waals surface area contributed by atoms with E-state index in [1.807, 2.05) is 41.3 Å². The zero-order valence-corrected chi connectivity index (χ0v) is 22.6. The highest BCUT2D eigenvalue weighted by molar-refractivity contribution is 6.14. The topological polar surface area (TPSA) is 77.5 Å². The molecule has 0 aliphatic carbocycles. The highest BCUT2D eigenvalue weighted by Gasteiger charge is 2.53. The van der Waals surface area contributed by atoms with Gasteiger partial charge in [0.25, 0.3) is 11.8 Å². The quantitative estimate of drug-likeness (QED) is 0.481. The maximum atomic E-state index is 14.4. The standard InChI is InChI=1S/C31H30N2O6/c1-17-27-21-15-25(38-4)26(39-5)16-22(21)33(30(34)18-9-7-6-8-10-18)29(27)31(35)32-12-11-19-13-23(36-2)24(37-3)14-20(19)28(17)32/h6-10,13-16,27,29H,11-12H2,1-5H3/t27-,29+/m0/s1. The van der Waals surface area contributed by atoms with Crippen molar-refractivity contribution in [1.29, 1.82) is 0 Å². The second-order valence-corrected chi connectivity index (χ2v) is 9.87. The van der Waals surface area contributed by atoms with Gasteiger partial charge in [-0.05, 0) is 60.4 Å². The van der Waals surface area contributed by atoms with Crippen molar-refractivity contribution in [3.8, 4) is 23.0 Å². The Labute approximate surface area is 227 Å². The second-order valence-electron chi connectivity index (χ2n) is 9.87. The molecule has 0 fully saturated rings. The predicted octanol–water partition coefficient (Wildman–Crippen LogP) is 4.66. The number of hydrogen-bond acceptors (Lipinski definition) is 6. The fraction of sp³-hybridized carbons (Fsp3) is 0.290. The second kappa shape index (κ2) is 9.38. The number of anilines is 1. The van der Waals surface area contributed by atoms with Crippen LogP contribution >= 0.6 is 0 Å². The van der Waals surface area contributed by atoms with E-state index in [2.05, 4.69) is 6.92 Å². The van der Waals surface area contributed by atoms with Gasteiger partial charge >= 0.3 is 0 Å². The Hall–Kier alpha value is -4.46.